The smallest absolute Gasteiger partial charge is 0.166 e. The third kappa shape index (κ3) is 4.23. The van der Waals surface area contributed by atoms with Crippen LogP contribution in [0.3, 0.4) is 0 Å². The molecule has 0 aliphatic carbocycles. The van der Waals surface area contributed by atoms with Crippen molar-refractivity contribution in [3.05, 3.63) is 64.3 Å². The number of hydrogen-bond acceptors (Lipinski definition) is 7. The van der Waals surface area contributed by atoms with Crippen molar-refractivity contribution in [1.29, 1.82) is 0 Å². The van der Waals surface area contributed by atoms with E-state index in [1.54, 1.807) is 6.20 Å². The molecular formula is C28H27Cl2FN6O2. The van der Waals surface area contributed by atoms with Crippen LogP contribution >= 0.6 is 23.2 Å². The molecule has 0 unspecified atom stereocenters. The van der Waals surface area contributed by atoms with Gasteiger partial charge in [-0.1, -0.05) is 23.2 Å². The Morgan fingerprint density at radius 2 is 1.97 bits per heavy atom. The van der Waals surface area contributed by atoms with Gasteiger partial charge in [0.25, 0.3) is 0 Å². The molecule has 3 atom stereocenters. The van der Waals surface area contributed by atoms with Crippen LogP contribution in [0.5, 0.6) is 5.75 Å². The Bertz CT molecular complexity index is 1550. The summed E-state index contributed by atoms with van der Waals surface area (Å²) in [5, 5.41) is 9.14. The van der Waals surface area contributed by atoms with E-state index in [0.29, 0.717) is 50.6 Å². The molecular weight excluding hydrogens is 542 g/mol. The van der Waals surface area contributed by atoms with Crippen molar-refractivity contribution >= 4 is 39.9 Å². The van der Waals surface area contributed by atoms with Crippen molar-refractivity contribution in [2.45, 2.75) is 44.1 Å². The van der Waals surface area contributed by atoms with E-state index in [2.05, 4.69) is 32.0 Å². The summed E-state index contributed by atoms with van der Waals surface area (Å²) in [6, 6.07) is 7.56. The number of hydrogen-bond donors (Lipinski definition) is 1. The number of pyridine rings is 2. The van der Waals surface area contributed by atoms with Gasteiger partial charge in [-0.3, -0.25) is 15.0 Å². The first-order valence-corrected chi connectivity index (χ1v) is 13.8. The van der Waals surface area contributed by atoms with Crippen molar-refractivity contribution < 1.29 is 13.9 Å². The maximum atomic E-state index is 15.4. The molecule has 8 nitrogen and oxygen atoms in total. The number of aromatic amines is 1. The number of benzene rings is 1. The van der Waals surface area contributed by atoms with Crippen LogP contribution in [-0.4, -0.2) is 69.0 Å². The van der Waals surface area contributed by atoms with E-state index in [0.717, 1.165) is 43.6 Å². The summed E-state index contributed by atoms with van der Waals surface area (Å²) in [4.78, 5) is 13.1. The molecule has 3 aliphatic rings. The number of H-pyrrole nitrogens is 1. The van der Waals surface area contributed by atoms with Crippen molar-refractivity contribution in [3.63, 3.8) is 0 Å². The first kappa shape index (κ1) is 25.0. The lowest BCUT2D eigenvalue weighted by Gasteiger charge is -2.55. The van der Waals surface area contributed by atoms with Crippen LogP contribution < -0.4 is 9.64 Å². The third-order valence-corrected chi connectivity index (χ3v) is 8.80. The van der Waals surface area contributed by atoms with E-state index in [4.69, 9.17) is 32.7 Å². The quantitative estimate of drug-likeness (QED) is 0.321. The summed E-state index contributed by atoms with van der Waals surface area (Å²) in [6.07, 6.45) is 5.80. The fraction of sp³-hybridized carbons (Fsp3) is 0.393. The second-order valence-electron chi connectivity index (χ2n) is 10.9. The summed E-state index contributed by atoms with van der Waals surface area (Å²) in [5.74, 6) is 0.619. The SMILES string of the molecule is C[C@@H](Oc1ccc2[nH]nc(-c3cnc(N4CC(C)(N5C[C@@H]6C[C@H]5CO6)C4)c(F)c3)c2c1)c1c(Cl)cncc1Cl. The van der Waals surface area contributed by atoms with Gasteiger partial charge in [0.15, 0.2) is 11.6 Å². The van der Waals surface area contributed by atoms with E-state index in [-0.39, 0.29) is 11.4 Å². The Labute approximate surface area is 235 Å². The first-order chi connectivity index (χ1) is 18.8. The highest BCUT2D eigenvalue weighted by molar-refractivity contribution is 6.35. The molecule has 202 valence electrons. The molecule has 11 heteroatoms. The van der Waals surface area contributed by atoms with Gasteiger partial charge in [0.1, 0.15) is 17.5 Å². The van der Waals surface area contributed by atoms with Crippen molar-refractivity contribution in [3.8, 4) is 17.0 Å². The normalized spacial score (nSPS) is 22.8. The standard InChI is InChI=1S/C28H27Cl2FN6O2/c1-15(25-21(29)9-32-10-22(25)30)39-18-3-4-24-20(7-18)26(35-34-24)16-5-23(31)27(33-8-16)36-13-28(2,14-36)37-11-19-6-17(37)12-38-19/h3-5,7-10,15,17,19H,6,11-14H2,1-2H3,(H,34,35)/t15-,17+,19+/m1/s1. The molecule has 3 aromatic heterocycles. The molecule has 0 radical (unpaired) electrons. The Hall–Kier alpha value is -2.98. The minimum Gasteiger partial charge on any atom is -0.486 e. The van der Waals surface area contributed by atoms with Gasteiger partial charge in [0.05, 0.1) is 33.8 Å². The number of ether oxygens (including phenoxy) is 2. The zero-order valence-corrected chi connectivity index (χ0v) is 23.0. The van der Waals surface area contributed by atoms with Gasteiger partial charge in [0, 0.05) is 60.8 Å². The van der Waals surface area contributed by atoms with E-state index in [1.165, 1.54) is 18.5 Å². The summed E-state index contributed by atoms with van der Waals surface area (Å²) >= 11 is 12.6. The Morgan fingerprint density at radius 1 is 1.18 bits per heavy atom. The monoisotopic (exact) mass is 568 g/mol. The Balaban J connectivity index is 1.10. The van der Waals surface area contributed by atoms with Gasteiger partial charge < -0.3 is 14.4 Å². The van der Waals surface area contributed by atoms with E-state index in [1.807, 2.05) is 30.0 Å². The fourth-order valence-electron chi connectivity index (χ4n) is 6.32. The number of nitrogens with zero attached hydrogens (tertiary/aromatic N) is 5. The first-order valence-electron chi connectivity index (χ1n) is 13.0. The van der Waals surface area contributed by atoms with Gasteiger partial charge in [-0.15, -0.1) is 0 Å². The van der Waals surface area contributed by atoms with Crippen LogP contribution in [0.25, 0.3) is 22.2 Å². The van der Waals surface area contributed by atoms with Crippen LogP contribution in [0, 0.1) is 5.82 Å². The highest BCUT2D eigenvalue weighted by Gasteiger charge is 2.52. The van der Waals surface area contributed by atoms with Crippen LogP contribution in [0.1, 0.15) is 31.9 Å². The molecule has 0 spiro atoms. The summed E-state index contributed by atoms with van der Waals surface area (Å²) in [5.41, 5.74) is 2.67. The average Bonchev–Trinajstić information content (AvgIpc) is 3.63. The Morgan fingerprint density at radius 3 is 2.67 bits per heavy atom. The molecule has 3 aliphatic heterocycles. The summed E-state index contributed by atoms with van der Waals surface area (Å²) < 4.78 is 27.3. The number of nitrogens with one attached hydrogen (secondary N) is 1. The van der Waals surface area contributed by atoms with E-state index < -0.39 is 6.10 Å². The molecule has 3 fully saturated rings. The number of likely N-dealkylation sites (tertiary alicyclic amines) is 1. The van der Waals surface area contributed by atoms with Gasteiger partial charge >= 0.3 is 0 Å². The second-order valence-corrected chi connectivity index (χ2v) is 11.8. The van der Waals surface area contributed by atoms with E-state index >= 15 is 4.39 Å². The van der Waals surface area contributed by atoms with Crippen molar-refractivity contribution in [1.82, 2.24) is 25.1 Å². The van der Waals surface area contributed by atoms with Gasteiger partial charge in [-0.05, 0) is 44.5 Å². The highest BCUT2D eigenvalue weighted by Crippen LogP contribution is 2.41. The molecule has 2 bridgehead atoms. The number of aromatic nitrogens is 4. The fourth-order valence-corrected chi connectivity index (χ4v) is 6.99. The van der Waals surface area contributed by atoms with Crippen LogP contribution in [-0.2, 0) is 4.74 Å². The van der Waals surface area contributed by atoms with Crippen LogP contribution in [0.2, 0.25) is 10.0 Å². The average molecular weight is 569 g/mol. The molecule has 0 amide bonds. The lowest BCUT2D eigenvalue weighted by atomic mass is 9.89. The summed E-state index contributed by atoms with van der Waals surface area (Å²) in [7, 11) is 0. The molecule has 4 aromatic rings. The molecule has 1 aromatic carbocycles. The molecule has 1 N–H and O–H groups in total. The van der Waals surface area contributed by atoms with E-state index in [9.17, 15) is 0 Å². The molecule has 0 saturated carbocycles. The minimum atomic E-state index is -0.412. The number of anilines is 1. The van der Waals surface area contributed by atoms with Crippen molar-refractivity contribution in [2.75, 3.05) is 31.1 Å². The zero-order valence-electron chi connectivity index (χ0n) is 21.5. The summed E-state index contributed by atoms with van der Waals surface area (Å²) in [6.45, 7) is 7.38. The molecule has 6 heterocycles. The van der Waals surface area contributed by atoms with Gasteiger partial charge in [-0.25, -0.2) is 9.37 Å². The minimum absolute atomic E-state index is 0.0205. The third-order valence-electron chi connectivity index (χ3n) is 8.20. The van der Waals surface area contributed by atoms with Crippen LogP contribution in [0.4, 0.5) is 10.2 Å². The maximum absolute atomic E-state index is 15.4. The predicted molar refractivity (Wildman–Crippen MR) is 148 cm³/mol. The Kier molecular flexibility index (Phi) is 5.97. The lowest BCUT2D eigenvalue weighted by Crippen LogP contribution is -2.71. The van der Waals surface area contributed by atoms with Gasteiger partial charge in [-0.2, -0.15) is 5.10 Å². The lowest BCUT2D eigenvalue weighted by molar-refractivity contribution is -0.0301. The number of rotatable bonds is 6. The number of morpholine rings is 1. The number of fused-ring (bicyclic) bond motifs is 3. The molecule has 7 rings (SSSR count). The molecule has 3 saturated heterocycles. The largest absolute Gasteiger partial charge is 0.486 e. The highest BCUT2D eigenvalue weighted by atomic mass is 35.5. The zero-order chi connectivity index (χ0) is 26.9. The van der Waals surface area contributed by atoms with Gasteiger partial charge in [0.2, 0.25) is 0 Å². The second kappa shape index (κ2) is 9.30. The van der Waals surface area contributed by atoms with Crippen LogP contribution in [0.15, 0.2) is 42.9 Å². The predicted octanol–water partition coefficient (Wildman–Crippen LogP) is 5.66. The molecule has 39 heavy (non-hydrogen) atoms. The topological polar surface area (TPSA) is 79.4 Å². The number of halogens is 3. The van der Waals surface area contributed by atoms with Crippen molar-refractivity contribution in [2.24, 2.45) is 0 Å². The maximum Gasteiger partial charge on any atom is 0.166 e.